The van der Waals surface area contributed by atoms with Crippen molar-refractivity contribution in [2.75, 3.05) is 0 Å². The third-order valence-corrected chi connectivity index (χ3v) is 3.19. The number of nitrogens with two attached hydrogens (primary N) is 1. The molecule has 0 fully saturated rings. The molecule has 6 heteroatoms. The van der Waals surface area contributed by atoms with Gasteiger partial charge in [0.1, 0.15) is 11.5 Å². The Balaban J connectivity index is 2.20. The van der Waals surface area contributed by atoms with Gasteiger partial charge in [0.25, 0.3) is 0 Å². The first-order chi connectivity index (χ1) is 9.77. The van der Waals surface area contributed by atoms with Gasteiger partial charge in [-0.15, -0.1) is 0 Å². The summed E-state index contributed by atoms with van der Waals surface area (Å²) in [4.78, 5) is 0. The zero-order valence-corrected chi connectivity index (χ0v) is 11.9. The molecule has 0 aliphatic heterocycles. The first-order valence-electron chi connectivity index (χ1n) is 6.17. The number of ether oxygens (including phenoxy) is 1. The van der Waals surface area contributed by atoms with E-state index in [0.717, 1.165) is 17.7 Å². The van der Waals surface area contributed by atoms with Crippen molar-refractivity contribution < 1.29 is 17.9 Å². The van der Waals surface area contributed by atoms with Crippen molar-refractivity contribution in [3.8, 4) is 11.5 Å². The number of hydrogen-bond acceptors (Lipinski definition) is 2. The maximum absolute atomic E-state index is 12.5. The number of benzene rings is 2. The summed E-state index contributed by atoms with van der Waals surface area (Å²) in [5, 5.41) is -0.0962. The third kappa shape index (κ3) is 3.89. The highest BCUT2D eigenvalue weighted by molar-refractivity contribution is 6.32. The first kappa shape index (κ1) is 15.7. The van der Waals surface area contributed by atoms with Crippen molar-refractivity contribution in [3.05, 3.63) is 58.6 Å². The highest BCUT2D eigenvalue weighted by atomic mass is 35.5. The number of rotatable bonds is 3. The second kappa shape index (κ2) is 5.95. The average molecular weight is 316 g/mol. The lowest BCUT2D eigenvalue weighted by atomic mass is 10.1. The van der Waals surface area contributed by atoms with Gasteiger partial charge >= 0.3 is 6.18 Å². The summed E-state index contributed by atoms with van der Waals surface area (Å²) < 4.78 is 43.1. The topological polar surface area (TPSA) is 35.2 Å². The van der Waals surface area contributed by atoms with Gasteiger partial charge in [0.2, 0.25) is 0 Å². The normalized spacial score (nSPS) is 13.0. The number of halogens is 4. The van der Waals surface area contributed by atoms with Gasteiger partial charge in [-0.1, -0.05) is 23.7 Å². The molecular weight excluding hydrogens is 303 g/mol. The van der Waals surface area contributed by atoms with Crippen LogP contribution in [0.5, 0.6) is 11.5 Å². The molecule has 2 rings (SSSR count). The summed E-state index contributed by atoms with van der Waals surface area (Å²) in [6.45, 7) is 1.85. The Hall–Kier alpha value is -1.72. The van der Waals surface area contributed by atoms with E-state index in [1.807, 2.05) is 6.92 Å². The Labute approximate surface area is 125 Å². The standard InChI is InChI=1S/C15H13ClF3NO/c1-9(20)10-2-5-12(6-3-10)21-14-7-4-11(8-13(14)16)15(17,18)19/h2-9H,20H2,1H3. The predicted octanol–water partition coefficient (Wildman–Crippen LogP) is 5.17. The molecule has 0 saturated carbocycles. The molecule has 21 heavy (non-hydrogen) atoms. The van der Waals surface area contributed by atoms with Gasteiger partial charge in [0, 0.05) is 6.04 Å². The van der Waals surface area contributed by atoms with E-state index in [-0.39, 0.29) is 16.8 Å². The Kier molecular flexibility index (Phi) is 4.44. The molecule has 0 heterocycles. The van der Waals surface area contributed by atoms with Crippen LogP contribution in [0.1, 0.15) is 24.1 Å². The van der Waals surface area contributed by atoms with Crippen LogP contribution in [0.4, 0.5) is 13.2 Å². The van der Waals surface area contributed by atoms with Crippen molar-refractivity contribution >= 4 is 11.6 Å². The van der Waals surface area contributed by atoms with Crippen LogP contribution < -0.4 is 10.5 Å². The fraction of sp³-hybridized carbons (Fsp3) is 0.200. The van der Waals surface area contributed by atoms with Crippen LogP contribution in [0, 0.1) is 0 Å². The van der Waals surface area contributed by atoms with Gasteiger partial charge < -0.3 is 10.5 Å². The lowest BCUT2D eigenvalue weighted by Crippen LogP contribution is -2.05. The minimum absolute atomic E-state index is 0.0962. The fourth-order valence-electron chi connectivity index (χ4n) is 1.73. The zero-order valence-electron chi connectivity index (χ0n) is 11.1. The van der Waals surface area contributed by atoms with Crippen molar-refractivity contribution in [2.24, 2.45) is 5.73 Å². The Morgan fingerprint density at radius 1 is 1.10 bits per heavy atom. The average Bonchev–Trinajstić information content (AvgIpc) is 2.40. The molecule has 112 valence electrons. The van der Waals surface area contributed by atoms with E-state index in [9.17, 15) is 13.2 Å². The molecule has 0 saturated heterocycles. The maximum atomic E-state index is 12.5. The Morgan fingerprint density at radius 3 is 2.19 bits per heavy atom. The minimum Gasteiger partial charge on any atom is -0.456 e. The van der Waals surface area contributed by atoms with Gasteiger partial charge in [0.05, 0.1) is 10.6 Å². The first-order valence-corrected chi connectivity index (χ1v) is 6.55. The summed E-state index contributed by atoms with van der Waals surface area (Å²) in [6, 6.07) is 9.82. The van der Waals surface area contributed by atoms with Crippen molar-refractivity contribution in [1.82, 2.24) is 0 Å². The quantitative estimate of drug-likeness (QED) is 0.848. The molecule has 0 aliphatic carbocycles. The predicted molar refractivity (Wildman–Crippen MR) is 75.6 cm³/mol. The largest absolute Gasteiger partial charge is 0.456 e. The SMILES string of the molecule is CC(N)c1ccc(Oc2ccc(C(F)(F)F)cc2Cl)cc1. The molecule has 0 bridgehead atoms. The van der Waals surface area contributed by atoms with Crippen molar-refractivity contribution in [1.29, 1.82) is 0 Å². The molecule has 2 nitrogen and oxygen atoms in total. The number of alkyl halides is 3. The summed E-state index contributed by atoms with van der Waals surface area (Å²) >= 11 is 5.82. The molecule has 2 aromatic carbocycles. The molecule has 2 aromatic rings. The van der Waals surface area contributed by atoms with Crippen molar-refractivity contribution in [3.63, 3.8) is 0 Å². The van der Waals surface area contributed by atoms with E-state index in [0.29, 0.717) is 5.75 Å². The molecule has 0 radical (unpaired) electrons. The molecule has 0 spiro atoms. The van der Waals surface area contributed by atoms with Gasteiger partial charge in [-0.05, 0) is 42.8 Å². The maximum Gasteiger partial charge on any atom is 0.416 e. The van der Waals surface area contributed by atoms with Crippen LogP contribution in [-0.4, -0.2) is 0 Å². The summed E-state index contributed by atoms with van der Waals surface area (Å²) in [7, 11) is 0. The van der Waals surface area contributed by atoms with E-state index >= 15 is 0 Å². The summed E-state index contributed by atoms with van der Waals surface area (Å²) in [5.74, 6) is 0.638. The van der Waals surface area contributed by atoms with E-state index < -0.39 is 11.7 Å². The molecule has 2 N–H and O–H groups in total. The van der Waals surface area contributed by atoms with Crippen molar-refractivity contribution in [2.45, 2.75) is 19.1 Å². The van der Waals surface area contributed by atoms with Crippen LogP contribution in [0.15, 0.2) is 42.5 Å². The lowest BCUT2D eigenvalue weighted by molar-refractivity contribution is -0.137. The smallest absolute Gasteiger partial charge is 0.416 e. The molecular formula is C15H13ClF3NO. The van der Waals surface area contributed by atoms with Crippen LogP contribution in [0.3, 0.4) is 0 Å². The highest BCUT2D eigenvalue weighted by Gasteiger charge is 2.31. The van der Waals surface area contributed by atoms with E-state index in [2.05, 4.69) is 0 Å². The van der Waals surface area contributed by atoms with E-state index in [1.165, 1.54) is 6.07 Å². The molecule has 0 amide bonds. The van der Waals surface area contributed by atoms with Crippen LogP contribution in [0.25, 0.3) is 0 Å². The van der Waals surface area contributed by atoms with Crippen LogP contribution in [-0.2, 0) is 6.18 Å². The second-order valence-electron chi connectivity index (χ2n) is 4.60. The Bertz CT molecular complexity index is 624. The minimum atomic E-state index is -4.43. The van der Waals surface area contributed by atoms with Gasteiger partial charge in [-0.3, -0.25) is 0 Å². The van der Waals surface area contributed by atoms with Crippen LogP contribution >= 0.6 is 11.6 Å². The van der Waals surface area contributed by atoms with E-state index in [4.69, 9.17) is 22.1 Å². The monoisotopic (exact) mass is 315 g/mol. The summed E-state index contributed by atoms with van der Waals surface area (Å²) in [6.07, 6.45) is -4.43. The lowest BCUT2D eigenvalue weighted by Gasteiger charge is -2.12. The van der Waals surface area contributed by atoms with Gasteiger partial charge in [0.15, 0.2) is 0 Å². The summed E-state index contributed by atoms with van der Waals surface area (Å²) in [5.41, 5.74) is 5.85. The van der Waals surface area contributed by atoms with E-state index in [1.54, 1.807) is 24.3 Å². The van der Waals surface area contributed by atoms with Crippen LogP contribution in [0.2, 0.25) is 5.02 Å². The fourth-order valence-corrected chi connectivity index (χ4v) is 1.95. The molecule has 1 atom stereocenters. The highest BCUT2D eigenvalue weighted by Crippen LogP contribution is 2.36. The second-order valence-corrected chi connectivity index (χ2v) is 5.01. The zero-order chi connectivity index (χ0) is 15.6. The molecule has 0 aliphatic rings. The molecule has 0 aromatic heterocycles. The molecule has 1 unspecified atom stereocenters. The number of hydrogen-bond donors (Lipinski definition) is 1. The van der Waals surface area contributed by atoms with Gasteiger partial charge in [-0.25, -0.2) is 0 Å². The Morgan fingerprint density at radius 2 is 1.71 bits per heavy atom. The third-order valence-electron chi connectivity index (χ3n) is 2.89. The van der Waals surface area contributed by atoms with Gasteiger partial charge in [-0.2, -0.15) is 13.2 Å².